The number of anilines is 1. The summed E-state index contributed by atoms with van der Waals surface area (Å²) >= 11 is 0. The number of amides is 1. The normalized spacial score (nSPS) is 19.0. The first-order valence-electron chi connectivity index (χ1n) is 13.7. The Morgan fingerprint density at radius 1 is 1.14 bits per heavy atom. The first-order chi connectivity index (χ1) is 18.1. The van der Waals surface area contributed by atoms with Crippen LogP contribution < -0.4 is 10.6 Å². The number of alkyl carbamates (subject to hydrolysis) is 1. The molecule has 1 amide bonds. The third-order valence-electron chi connectivity index (χ3n) is 7.59. The number of pyridine rings is 2. The first kappa shape index (κ1) is 25.4. The number of unbranched alkanes of at least 4 members (excludes halogenated alkanes) is 1. The smallest absolute Gasteiger partial charge is 0.408 e. The number of carbonyl (C=O) groups is 2. The molecule has 0 spiro atoms. The van der Waals surface area contributed by atoms with Crippen molar-refractivity contribution in [3.63, 3.8) is 0 Å². The average molecular weight is 508 g/mol. The Morgan fingerprint density at radius 2 is 2.03 bits per heavy atom. The summed E-state index contributed by atoms with van der Waals surface area (Å²) in [5, 5.41) is 15.7. The van der Waals surface area contributed by atoms with Gasteiger partial charge in [-0.05, 0) is 94.0 Å². The van der Waals surface area contributed by atoms with Crippen LogP contribution in [0.4, 0.5) is 10.6 Å². The Hall–Kier alpha value is -3.20. The lowest BCUT2D eigenvalue weighted by Crippen LogP contribution is -2.44. The molecule has 0 radical (unpaired) electrons. The Bertz CT molecular complexity index is 1110. The van der Waals surface area contributed by atoms with E-state index in [2.05, 4.69) is 32.7 Å². The number of nitrogens with one attached hydrogen (secondary N) is 2. The predicted octanol–water partition coefficient (Wildman–Crippen LogP) is 3.88. The molecule has 2 atom stereocenters. The molecule has 0 saturated heterocycles. The van der Waals surface area contributed by atoms with Crippen LogP contribution in [0.2, 0.25) is 0 Å². The van der Waals surface area contributed by atoms with Crippen molar-refractivity contribution < 1.29 is 19.4 Å². The summed E-state index contributed by atoms with van der Waals surface area (Å²) in [6, 6.07) is 7.74. The summed E-state index contributed by atoms with van der Waals surface area (Å²) < 4.78 is 5.54. The standard InChI is InChI=1S/C28H37N5O4/c34-27(35)23(32-28(36)37-24-13-9-19-5-3-15-29-25(19)24)14-18-33(22-11-12-22)17-2-1-7-21-10-8-20-6-4-16-30-26(20)31-21/h3,5,8,10,15,22-24H,1-2,4,6-7,9,11-14,16-18H2,(H,30,31)(H,32,36)(H,34,35). The van der Waals surface area contributed by atoms with E-state index < -0.39 is 24.2 Å². The number of aliphatic carboxylic acids is 1. The lowest BCUT2D eigenvalue weighted by molar-refractivity contribution is -0.139. The van der Waals surface area contributed by atoms with Gasteiger partial charge in [0.2, 0.25) is 0 Å². The van der Waals surface area contributed by atoms with E-state index in [9.17, 15) is 14.7 Å². The Labute approximate surface area is 218 Å². The van der Waals surface area contributed by atoms with E-state index in [0.717, 1.165) is 87.2 Å². The molecular formula is C28H37N5O4. The first-order valence-corrected chi connectivity index (χ1v) is 13.7. The summed E-state index contributed by atoms with van der Waals surface area (Å²) in [5.41, 5.74) is 4.28. The fraction of sp³-hybridized carbons (Fsp3) is 0.571. The van der Waals surface area contributed by atoms with Gasteiger partial charge in [-0.1, -0.05) is 12.1 Å². The van der Waals surface area contributed by atoms with E-state index in [4.69, 9.17) is 9.72 Å². The number of carboxylic acids is 1. The van der Waals surface area contributed by atoms with Gasteiger partial charge >= 0.3 is 12.1 Å². The van der Waals surface area contributed by atoms with Gasteiger partial charge in [0.05, 0.1) is 5.69 Å². The molecule has 2 aliphatic carbocycles. The quantitative estimate of drug-likeness (QED) is 0.371. The van der Waals surface area contributed by atoms with E-state index in [1.807, 2.05) is 12.1 Å². The van der Waals surface area contributed by atoms with Gasteiger partial charge in [-0.25, -0.2) is 14.6 Å². The number of hydrogen-bond donors (Lipinski definition) is 3. The number of carboxylic acid groups (broad SMARTS) is 1. The molecule has 0 bridgehead atoms. The number of aromatic nitrogens is 2. The SMILES string of the molecule is O=C(NC(CCN(CCCCc1ccc2c(n1)NCCC2)C1CC1)C(=O)O)OC1CCc2cccnc21. The number of ether oxygens (including phenoxy) is 1. The van der Waals surface area contributed by atoms with Crippen LogP contribution >= 0.6 is 0 Å². The van der Waals surface area contributed by atoms with Crippen LogP contribution in [-0.4, -0.2) is 63.8 Å². The molecule has 3 aliphatic rings. The Balaban J connectivity index is 1.06. The Morgan fingerprint density at radius 3 is 2.86 bits per heavy atom. The van der Waals surface area contributed by atoms with Gasteiger partial charge < -0.3 is 25.4 Å². The minimum Gasteiger partial charge on any atom is -0.480 e. The van der Waals surface area contributed by atoms with Gasteiger partial charge in [0.1, 0.15) is 18.0 Å². The zero-order valence-electron chi connectivity index (χ0n) is 21.3. The maximum Gasteiger partial charge on any atom is 0.408 e. The minimum atomic E-state index is -1.04. The minimum absolute atomic E-state index is 0.346. The molecule has 2 aromatic heterocycles. The van der Waals surface area contributed by atoms with Crippen molar-refractivity contribution >= 4 is 17.9 Å². The maximum atomic E-state index is 12.5. The second-order valence-electron chi connectivity index (χ2n) is 10.4. The zero-order chi connectivity index (χ0) is 25.6. The van der Waals surface area contributed by atoms with E-state index >= 15 is 0 Å². The molecule has 0 aromatic carbocycles. The fourth-order valence-corrected chi connectivity index (χ4v) is 5.39. The molecule has 3 N–H and O–H groups in total. The molecule has 2 unspecified atom stereocenters. The number of aryl methyl sites for hydroxylation is 3. The lowest BCUT2D eigenvalue weighted by atomic mass is 10.1. The molecule has 9 nitrogen and oxygen atoms in total. The molecule has 37 heavy (non-hydrogen) atoms. The van der Waals surface area contributed by atoms with Gasteiger partial charge in [0.15, 0.2) is 0 Å². The van der Waals surface area contributed by atoms with E-state index in [0.29, 0.717) is 25.4 Å². The highest BCUT2D eigenvalue weighted by Crippen LogP contribution is 2.32. The van der Waals surface area contributed by atoms with Crippen LogP contribution in [0, 0.1) is 0 Å². The maximum absolute atomic E-state index is 12.5. The largest absolute Gasteiger partial charge is 0.480 e. The monoisotopic (exact) mass is 507 g/mol. The van der Waals surface area contributed by atoms with E-state index in [1.54, 1.807) is 6.20 Å². The second-order valence-corrected chi connectivity index (χ2v) is 10.4. The van der Waals surface area contributed by atoms with Crippen LogP contribution in [0.25, 0.3) is 0 Å². The van der Waals surface area contributed by atoms with Crippen molar-refractivity contribution in [1.82, 2.24) is 20.2 Å². The highest BCUT2D eigenvalue weighted by Gasteiger charge is 2.32. The van der Waals surface area contributed by atoms with Gasteiger partial charge in [-0.2, -0.15) is 0 Å². The summed E-state index contributed by atoms with van der Waals surface area (Å²) in [6.45, 7) is 2.56. The lowest BCUT2D eigenvalue weighted by Gasteiger charge is -2.24. The van der Waals surface area contributed by atoms with Gasteiger partial charge in [0.25, 0.3) is 0 Å². The average Bonchev–Trinajstić information content (AvgIpc) is 3.68. The van der Waals surface area contributed by atoms with E-state index in [-0.39, 0.29) is 0 Å². The van der Waals surface area contributed by atoms with Crippen molar-refractivity contribution in [2.24, 2.45) is 0 Å². The molecule has 1 saturated carbocycles. The summed E-state index contributed by atoms with van der Waals surface area (Å²) in [4.78, 5) is 35.9. The van der Waals surface area contributed by atoms with E-state index in [1.165, 1.54) is 5.56 Å². The van der Waals surface area contributed by atoms with Crippen molar-refractivity contribution in [2.45, 2.75) is 82.4 Å². The predicted molar refractivity (Wildman–Crippen MR) is 140 cm³/mol. The number of hydrogen-bond acceptors (Lipinski definition) is 7. The summed E-state index contributed by atoms with van der Waals surface area (Å²) in [5.74, 6) is 0.00670. The van der Waals surface area contributed by atoms with Crippen LogP contribution in [-0.2, 0) is 28.8 Å². The van der Waals surface area contributed by atoms with Crippen molar-refractivity contribution in [1.29, 1.82) is 0 Å². The second kappa shape index (κ2) is 11.9. The van der Waals surface area contributed by atoms with Crippen LogP contribution in [0.3, 0.4) is 0 Å². The highest BCUT2D eigenvalue weighted by atomic mass is 16.6. The number of nitrogens with zero attached hydrogens (tertiary/aromatic N) is 3. The van der Waals surface area contributed by atoms with Gasteiger partial charge in [0, 0.05) is 31.0 Å². The van der Waals surface area contributed by atoms with Crippen molar-refractivity contribution in [3.05, 3.63) is 53.0 Å². The fourth-order valence-electron chi connectivity index (χ4n) is 5.39. The van der Waals surface area contributed by atoms with Crippen LogP contribution in [0.15, 0.2) is 30.5 Å². The van der Waals surface area contributed by atoms with Crippen LogP contribution in [0.1, 0.15) is 73.6 Å². The topological polar surface area (TPSA) is 117 Å². The third kappa shape index (κ3) is 6.77. The molecule has 1 fully saturated rings. The third-order valence-corrected chi connectivity index (χ3v) is 7.59. The molecule has 5 rings (SSSR count). The van der Waals surface area contributed by atoms with Gasteiger partial charge in [-0.15, -0.1) is 0 Å². The van der Waals surface area contributed by atoms with Crippen LogP contribution in [0.5, 0.6) is 0 Å². The molecule has 1 aliphatic heterocycles. The highest BCUT2D eigenvalue weighted by molar-refractivity contribution is 5.80. The molecule has 9 heteroatoms. The zero-order valence-corrected chi connectivity index (χ0v) is 21.3. The molecule has 198 valence electrons. The van der Waals surface area contributed by atoms with Crippen molar-refractivity contribution in [3.8, 4) is 0 Å². The summed E-state index contributed by atoms with van der Waals surface area (Å²) in [7, 11) is 0. The molecule has 3 heterocycles. The number of carbonyl (C=O) groups excluding carboxylic acids is 1. The number of fused-ring (bicyclic) bond motifs is 2. The Kier molecular flexibility index (Phi) is 8.18. The summed E-state index contributed by atoms with van der Waals surface area (Å²) in [6.07, 6.45) is 9.97. The van der Waals surface area contributed by atoms with Gasteiger partial charge in [-0.3, -0.25) is 4.98 Å². The number of rotatable bonds is 12. The molecule has 2 aromatic rings. The van der Waals surface area contributed by atoms with Crippen molar-refractivity contribution in [2.75, 3.05) is 25.0 Å². The molecular weight excluding hydrogens is 470 g/mol.